The molecule has 1 N–H and O–H groups in total. The van der Waals surface area contributed by atoms with Gasteiger partial charge < -0.3 is 19.5 Å². The van der Waals surface area contributed by atoms with E-state index in [1.807, 2.05) is 13.8 Å². The molecule has 0 fully saturated rings. The molecule has 1 aromatic rings. The summed E-state index contributed by atoms with van der Waals surface area (Å²) in [4.78, 5) is 12.1. The molecule has 0 heterocycles. The molecule has 112 valence electrons. The Bertz CT molecular complexity index is 434. The van der Waals surface area contributed by atoms with Crippen molar-refractivity contribution >= 4 is 5.91 Å². The third kappa shape index (κ3) is 4.83. The summed E-state index contributed by atoms with van der Waals surface area (Å²) in [5.41, 5.74) is 1.45. The van der Waals surface area contributed by atoms with Gasteiger partial charge in [-0.1, -0.05) is 0 Å². The van der Waals surface area contributed by atoms with Crippen LogP contribution in [0, 0.1) is 0 Å². The highest BCUT2D eigenvalue weighted by molar-refractivity contribution is 5.94. The second kappa shape index (κ2) is 8.55. The molecule has 0 aliphatic heterocycles. The van der Waals surface area contributed by atoms with E-state index < -0.39 is 0 Å². The molecule has 1 amide bonds. The molecule has 0 radical (unpaired) electrons. The monoisotopic (exact) mass is 281 g/mol. The van der Waals surface area contributed by atoms with Gasteiger partial charge in [-0.15, -0.1) is 0 Å². The number of carbonyl (C=O) groups excluding carboxylic acids is 1. The molecule has 0 saturated carbocycles. The first-order valence-electron chi connectivity index (χ1n) is 6.66. The maximum Gasteiger partial charge on any atom is 0.251 e. The Labute approximate surface area is 120 Å². The molecule has 5 heteroatoms. The fraction of sp³-hybridized carbons (Fsp3) is 0.533. The number of methoxy groups -OCH3 is 2. The Morgan fingerprint density at radius 3 is 2.65 bits per heavy atom. The summed E-state index contributed by atoms with van der Waals surface area (Å²) in [6.45, 7) is 5.28. The largest absolute Gasteiger partial charge is 0.494 e. The van der Waals surface area contributed by atoms with Crippen molar-refractivity contribution in [2.24, 2.45) is 0 Å². The van der Waals surface area contributed by atoms with Crippen molar-refractivity contribution in [2.45, 2.75) is 26.5 Å². The van der Waals surface area contributed by atoms with Gasteiger partial charge in [0, 0.05) is 31.4 Å². The van der Waals surface area contributed by atoms with Crippen molar-refractivity contribution in [3.63, 3.8) is 0 Å². The average molecular weight is 281 g/mol. The van der Waals surface area contributed by atoms with Crippen LogP contribution in [0.15, 0.2) is 18.2 Å². The first-order chi connectivity index (χ1) is 9.62. The van der Waals surface area contributed by atoms with Gasteiger partial charge in [0.1, 0.15) is 5.75 Å². The summed E-state index contributed by atoms with van der Waals surface area (Å²) in [5, 5.41) is 2.87. The van der Waals surface area contributed by atoms with E-state index in [0.29, 0.717) is 25.4 Å². The second-order valence-electron chi connectivity index (χ2n) is 4.52. The smallest absolute Gasteiger partial charge is 0.251 e. The van der Waals surface area contributed by atoms with Crippen molar-refractivity contribution in [1.82, 2.24) is 5.32 Å². The van der Waals surface area contributed by atoms with Gasteiger partial charge >= 0.3 is 0 Å². The number of amides is 1. The predicted molar refractivity (Wildman–Crippen MR) is 77.1 cm³/mol. The van der Waals surface area contributed by atoms with E-state index in [2.05, 4.69) is 5.32 Å². The van der Waals surface area contributed by atoms with E-state index >= 15 is 0 Å². The zero-order valence-corrected chi connectivity index (χ0v) is 12.6. The summed E-state index contributed by atoms with van der Waals surface area (Å²) in [5.74, 6) is 0.616. The summed E-state index contributed by atoms with van der Waals surface area (Å²) < 4.78 is 15.6. The number of ether oxygens (including phenoxy) is 3. The standard InChI is InChI=1S/C15H23NO4/c1-5-20-14-7-6-12(8-13(14)10-19-4)15(17)16-11(2)9-18-3/h6-8,11H,5,9-10H2,1-4H3,(H,16,17). The maximum atomic E-state index is 12.1. The summed E-state index contributed by atoms with van der Waals surface area (Å²) in [7, 11) is 3.22. The predicted octanol–water partition coefficient (Wildman–Crippen LogP) is 2.00. The zero-order valence-electron chi connectivity index (χ0n) is 12.6. The Balaban J connectivity index is 2.84. The molecule has 1 rings (SSSR count). The minimum Gasteiger partial charge on any atom is -0.494 e. The van der Waals surface area contributed by atoms with Crippen molar-refractivity contribution in [3.05, 3.63) is 29.3 Å². The lowest BCUT2D eigenvalue weighted by atomic mass is 10.1. The molecular formula is C15H23NO4. The molecule has 20 heavy (non-hydrogen) atoms. The van der Waals surface area contributed by atoms with Crippen LogP contribution in [-0.4, -0.2) is 39.4 Å². The zero-order chi connectivity index (χ0) is 15.0. The number of nitrogens with one attached hydrogen (secondary N) is 1. The van der Waals surface area contributed by atoms with E-state index in [1.165, 1.54) is 0 Å². The SMILES string of the molecule is CCOc1ccc(C(=O)NC(C)COC)cc1COC. The van der Waals surface area contributed by atoms with E-state index in [9.17, 15) is 4.79 Å². The van der Waals surface area contributed by atoms with E-state index in [1.54, 1.807) is 32.4 Å². The highest BCUT2D eigenvalue weighted by Gasteiger charge is 2.12. The topological polar surface area (TPSA) is 56.8 Å². The van der Waals surface area contributed by atoms with Crippen LogP contribution in [0.3, 0.4) is 0 Å². The Hall–Kier alpha value is -1.59. The Morgan fingerprint density at radius 2 is 2.05 bits per heavy atom. The molecule has 1 atom stereocenters. The molecular weight excluding hydrogens is 258 g/mol. The van der Waals surface area contributed by atoms with Crippen molar-refractivity contribution < 1.29 is 19.0 Å². The third-order valence-electron chi connectivity index (χ3n) is 2.72. The highest BCUT2D eigenvalue weighted by atomic mass is 16.5. The normalized spacial score (nSPS) is 12.0. The number of benzene rings is 1. The van der Waals surface area contributed by atoms with Crippen LogP contribution < -0.4 is 10.1 Å². The van der Waals surface area contributed by atoms with Crippen LogP contribution in [0.4, 0.5) is 0 Å². The molecule has 1 aromatic carbocycles. The molecule has 5 nitrogen and oxygen atoms in total. The first kappa shape index (κ1) is 16.5. The van der Waals surface area contributed by atoms with Crippen LogP contribution in [0.1, 0.15) is 29.8 Å². The maximum absolute atomic E-state index is 12.1. The lowest BCUT2D eigenvalue weighted by molar-refractivity contribution is 0.0905. The number of carbonyl (C=O) groups is 1. The molecule has 0 aliphatic carbocycles. The number of rotatable bonds is 8. The molecule has 0 bridgehead atoms. The lowest BCUT2D eigenvalue weighted by Gasteiger charge is -2.15. The van der Waals surface area contributed by atoms with Gasteiger partial charge in [0.25, 0.3) is 5.91 Å². The van der Waals surface area contributed by atoms with E-state index in [-0.39, 0.29) is 11.9 Å². The van der Waals surface area contributed by atoms with Gasteiger partial charge in [-0.3, -0.25) is 4.79 Å². The minimum atomic E-state index is -0.130. The van der Waals surface area contributed by atoms with E-state index in [4.69, 9.17) is 14.2 Å². The molecule has 0 aromatic heterocycles. The number of hydrogen-bond donors (Lipinski definition) is 1. The first-order valence-corrected chi connectivity index (χ1v) is 6.66. The van der Waals surface area contributed by atoms with Crippen molar-refractivity contribution in [1.29, 1.82) is 0 Å². The lowest BCUT2D eigenvalue weighted by Crippen LogP contribution is -2.35. The van der Waals surface area contributed by atoms with E-state index in [0.717, 1.165) is 11.3 Å². The van der Waals surface area contributed by atoms with Gasteiger partial charge in [0.05, 0.1) is 19.8 Å². The molecule has 0 spiro atoms. The molecule has 1 unspecified atom stereocenters. The average Bonchev–Trinajstić information content (AvgIpc) is 2.41. The van der Waals surface area contributed by atoms with Gasteiger partial charge in [0.15, 0.2) is 0 Å². The quantitative estimate of drug-likeness (QED) is 0.792. The second-order valence-corrected chi connectivity index (χ2v) is 4.52. The van der Waals surface area contributed by atoms with Gasteiger partial charge in [0.2, 0.25) is 0 Å². The van der Waals surface area contributed by atoms with Gasteiger partial charge in [-0.25, -0.2) is 0 Å². The minimum absolute atomic E-state index is 0.0371. The van der Waals surface area contributed by atoms with Crippen LogP contribution in [0.5, 0.6) is 5.75 Å². The fourth-order valence-electron chi connectivity index (χ4n) is 1.88. The Morgan fingerprint density at radius 1 is 1.30 bits per heavy atom. The number of hydrogen-bond acceptors (Lipinski definition) is 4. The van der Waals surface area contributed by atoms with Gasteiger partial charge in [-0.2, -0.15) is 0 Å². The fourth-order valence-corrected chi connectivity index (χ4v) is 1.88. The summed E-state index contributed by atoms with van der Waals surface area (Å²) >= 11 is 0. The van der Waals surface area contributed by atoms with Gasteiger partial charge in [-0.05, 0) is 32.0 Å². The summed E-state index contributed by atoms with van der Waals surface area (Å²) in [6, 6.07) is 5.31. The van der Waals surface area contributed by atoms with Crippen LogP contribution in [0.25, 0.3) is 0 Å². The Kier molecular flexibility index (Phi) is 7.04. The van der Waals surface area contributed by atoms with Crippen molar-refractivity contribution in [2.75, 3.05) is 27.4 Å². The third-order valence-corrected chi connectivity index (χ3v) is 2.72. The molecule has 0 saturated heterocycles. The van der Waals surface area contributed by atoms with Crippen LogP contribution in [0.2, 0.25) is 0 Å². The van der Waals surface area contributed by atoms with Crippen molar-refractivity contribution in [3.8, 4) is 5.75 Å². The summed E-state index contributed by atoms with van der Waals surface area (Å²) in [6.07, 6.45) is 0. The van der Waals surface area contributed by atoms with Crippen LogP contribution >= 0.6 is 0 Å². The van der Waals surface area contributed by atoms with Crippen LogP contribution in [-0.2, 0) is 16.1 Å². The highest BCUT2D eigenvalue weighted by Crippen LogP contribution is 2.21. The molecule has 0 aliphatic rings.